The van der Waals surface area contributed by atoms with Gasteiger partial charge in [0.1, 0.15) is 11.6 Å². The molecule has 0 aliphatic carbocycles. The average Bonchev–Trinajstić information content (AvgIpc) is 3.39. The normalized spacial score (nSPS) is 30.5. The molecule has 178 valence electrons. The van der Waals surface area contributed by atoms with Crippen LogP contribution >= 0.6 is 0 Å². The van der Waals surface area contributed by atoms with Crippen LogP contribution in [0.2, 0.25) is 0 Å². The summed E-state index contributed by atoms with van der Waals surface area (Å²) in [4.78, 5) is 45.8. The minimum absolute atomic E-state index is 0.0355. The fourth-order valence-corrected chi connectivity index (χ4v) is 5.84. The Kier molecular flexibility index (Phi) is 7.45. The Balaban J connectivity index is 2.01. The van der Waals surface area contributed by atoms with Crippen LogP contribution in [-0.4, -0.2) is 94.1 Å². The lowest BCUT2D eigenvalue weighted by Gasteiger charge is -2.38. The first-order valence-corrected chi connectivity index (χ1v) is 11.7. The average molecular weight is 448 g/mol. The van der Waals surface area contributed by atoms with Crippen molar-refractivity contribution in [3.63, 3.8) is 0 Å². The second-order valence-electron chi connectivity index (χ2n) is 9.26. The minimum Gasteiger partial charge on any atom is -0.395 e. The molecule has 3 fully saturated rings. The third-order valence-electron chi connectivity index (χ3n) is 7.05. The van der Waals surface area contributed by atoms with Gasteiger partial charge in [0.15, 0.2) is 0 Å². The number of aliphatic hydroxyl groups is 1. The number of nitrogens with zero attached hydrogens (tertiary/aromatic N) is 3. The van der Waals surface area contributed by atoms with Crippen molar-refractivity contribution in [3.05, 3.63) is 25.3 Å². The second-order valence-corrected chi connectivity index (χ2v) is 9.26. The number of ether oxygens (including phenoxy) is 1. The van der Waals surface area contributed by atoms with Crippen LogP contribution in [0.4, 0.5) is 0 Å². The zero-order valence-electron chi connectivity index (χ0n) is 19.5. The van der Waals surface area contributed by atoms with Gasteiger partial charge >= 0.3 is 0 Å². The molecule has 3 saturated heterocycles. The van der Waals surface area contributed by atoms with Crippen molar-refractivity contribution in [2.75, 3.05) is 32.8 Å². The number of β-amino-alcohol motifs (C(OH)–C–C–N with tert-alkyl or cyclic N) is 1. The van der Waals surface area contributed by atoms with E-state index in [-0.39, 0.29) is 43.0 Å². The van der Waals surface area contributed by atoms with Gasteiger partial charge in [0.25, 0.3) is 0 Å². The van der Waals surface area contributed by atoms with Gasteiger partial charge in [-0.2, -0.15) is 0 Å². The molecule has 3 rings (SSSR count). The van der Waals surface area contributed by atoms with E-state index in [1.165, 1.54) is 4.90 Å². The molecule has 8 nitrogen and oxygen atoms in total. The fourth-order valence-electron chi connectivity index (χ4n) is 5.84. The standard InChI is InChI=1S/C24H37N3O5/c1-6-11-25(12-7-2)21(29)18-17-9-10-24(32-17)19(18)22(30)27(14-15-28)20(24)23(31)26(13-8-3)16(4)5/h6,8,16-20,28H,1,3,7,9-15H2,2,4-5H3/t17-,18+,19+,20?,24?/m1/s1. The van der Waals surface area contributed by atoms with Gasteiger partial charge in [-0.3, -0.25) is 14.4 Å². The molecule has 0 aromatic rings. The molecule has 3 amide bonds. The molecule has 5 atom stereocenters. The van der Waals surface area contributed by atoms with E-state index in [2.05, 4.69) is 13.2 Å². The zero-order chi connectivity index (χ0) is 23.6. The van der Waals surface area contributed by atoms with Crippen LogP contribution in [0.3, 0.4) is 0 Å². The number of rotatable bonds is 11. The van der Waals surface area contributed by atoms with Gasteiger partial charge in [-0.05, 0) is 33.1 Å². The summed E-state index contributed by atoms with van der Waals surface area (Å²) in [6, 6.07) is -0.943. The van der Waals surface area contributed by atoms with Crippen molar-refractivity contribution in [3.8, 4) is 0 Å². The molecular formula is C24H37N3O5. The van der Waals surface area contributed by atoms with Gasteiger partial charge in [-0.15, -0.1) is 13.2 Å². The quantitative estimate of drug-likeness (QED) is 0.481. The van der Waals surface area contributed by atoms with E-state index < -0.39 is 23.5 Å². The summed E-state index contributed by atoms with van der Waals surface area (Å²) >= 11 is 0. The molecule has 0 aromatic heterocycles. The fraction of sp³-hybridized carbons (Fsp3) is 0.708. The molecule has 0 radical (unpaired) electrons. The highest BCUT2D eigenvalue weighted by Crippen LogP contribution is 2.58. The summed E-state index contributed by atoms with van der Waals surface area (Å²) in [6.07, 6.45) is 4.95. The first-order chi connectivity index (χ1) is 15.3. The van der Waals surface area contributed by atoms with Crippen molar-refractivity contribution in [2.24, 2.45) is 11.8 Å². The van der Waals surface area contributed by atoms with Crippen LogP contribution < -0.4 is 0 Å². The number of amides is 3. The van der Waals surface area contributed by atoms with Gasteiger partial charge in [-0.1, -0.05) is 19.1 Å². The van der Waals surface area contributed by atoms with Crippen LogP contribution in [-0.2, 0) is 19.1 Å². The molecule has 0 aromatic carbocycles. The van der Waals surface area contributed by atoms with Crippen LogP contribution in [0.5, 0.6) is 0 Å². The van der Waals surface area contributed by atoms with E-state index in [1.54, 1.807) is 22.0 Å². The van der Waals surface area contributed by atoms with Crippen molar-refractivity contribution in [1.82, 2.24) is 14.7 Å². The van der Waals surface area contributed by atoms with E-state index in [4.69, 9.17) is 4.74 Å². The van der Waals surface area contributed by atoms with Crippen molar-refractivity contribution >= 4 is 17.7 Å². The summed E-state index contributed by atoms with van der Waals surface area (Å²) in [6.45, 7) is 14.5. The number of carbonyl (C=O) groups excluding carboxylic acids is 3. The second kappa shape index (κ2) is 9.75. The maximum atomic E-state index is 13.8. The molecular weight excluding hydrogens is 410 g/mol. The third kappa shape index (κ3) is 3.77. The van der Waals surface area contributed by atoms with Gasteiger partial charge in [0, 0.05) is 32.2 Å². The molecule has 32 heavy (non-hydrogen) atoms. The molecule has 1 spiro atoms. The maximum Gasteiger partial charge on any atom is 0.248 e. The van der Waals surface area contributed by atoms with E-state index >= 15 is 0 Å². The van der Waals surface area contributed by atoms with E-state index in [0.717, 1.165) is 6.42 Å². The summed E-state index contributed by atoms with van der Waals surface area (Å²) in [5, 5.41) is 9.67. The number of carbonyl (C=O) groups is 3. The number of hydrogen-bond acceptors (Lipinski definition) is 5. The molecule has 2 unspecified atom stereocenters. The number of aliphatic hydroxyl groups excluding tert-OH is 1. The van der Waals surface area contributed by atoms with Crippen molar-refractivity contribution in [1.29, 1.82) is 0 Å². The van der Waals surface area contributed by atoms with Gasteiger partial charge in [0.2, 0.25) is 17.7 Å². The first kappa shape index (κ1) is 24.5. The van der Waals surface area contributed by atoms with Crippen LogP contribution in [0.15, 0.2) is 25.3 Å². The predicted octanol–water partition coefficient (Wildman–Crippen LogP) is 1.20. The lowest BCUT2D eigenvalue weighted by molar-refractivity contribution is -0.150. The van der Waals surface area contributed by atoms with Gasteiger partial charge < -0.3 is 24.5 Å². The van der Waals surface area contributed by atoms with E-state index in [0.29, 0.717) is 32.5 Å². The van der Waals surface area contributed by atoms with E-state index in [1.807, 2.05) is 20.8 Å². The number of fused-ring (bicyclic) bond motifs is 1. The summed E-state index contributed by atoms with van der Waals surface area (Å²) < 4.78 is 6.42. The van der Waals surface area contributed by atoms with Crippen molar-refractivity contribution < 1.29 is 24.2 Å². The van der Waals surface area contributed by atoms with Gasteiger partial charge in [0.05, 0.1) is 24.5 Å². The Morgan fingerprint density at radius 3 is 2.53 bits per heavy atom. The van der Waals surface area contributed by atoms with Crippen LogP contribution in [0, 0.1) is 11.8 Å². The van der Waals surface area contributed by atoms with Crippen molar-refractivity contribution in [2.45, 2.75) is 63.8 Å². The monoisotopic (exact) mass is 447 g/mol. The predicted molar refractivity (Wildman–Crippen MR) is 121 cm³/mol. The van der Waals surface area contributed by atoms with Crippen LogP contribution in [0.25, 0.3) is 0 Å². The highest BCUT2D eigenvalue weighted by molar-refractivity contribution is 5.99. The summed E-state index contributed by atoms with van der Waals surface area (Å²) in [5.74, 6) is -1.92. The Morgan fingerprint density at radius 1 is 1.28 bits per heavy atom. The molecule has 3 heterocycles. The Morgan fingerprint density at radius 2 is 1.97 bits per heavy atom. The topological polar surface area (TPSA) is 90.4 Å². The molecule has 3 aliphatic heterocycles. The van der Waals surface area contributed by atoms with Crippen LogP contribution in [0.1, 0.15) is 40.0 Å². The molecule has 3 aliphatic rings. The third-order valence-corrected chi connectivity index (χ3v) is 7.05. The van der Waals surface area contributed by atoms with Gasteiger partial charge in [-0.25, -0.2) is 0 Å². The lowest BCUT2D eigenvalue weighted by Crippen LogP contribution is -2.57. The highest BCUT2D eigenvalue weighted by Gasteiger charge is 2.74. The molecule has 8 heteroatoms. The first-order valence-electron chi connectivity index (χ1n) is 11.7. The summed E-state index contributed by atoms with van der Waals surface area (Å²) in [7, 11) is 0. The zero-order valence-corrected chi connectivity index (χ0v) is 19.5. The Labute approximate surface area is 190 Å². The molecule has 1 N–H and O–H groups in total. The summed E-state index contributed by atoms with van der Waals surface area (Å²) in [5.41, 5.74) is -1.03. The molecule has 0 saturated carbocycles. The SMILES string of the molecule is C=CCN(CCC)C(=O)[C@@H]1[C@H]2C(=O)N(CCO)C(C(=O)N(CC=C)C(C)C)C23CC[C@H]1O3. The number of likely N-dealkylation sites (tertiary alicyclic amines) is 1. The Hall–Kier alpha value is -2.19. The van der Waals surface area contributed by atoms with E-state index in [9.17, 15) is 19.5 Å². The highest BCUT2D eigenvalue weighted by atomic mass is 16.5. The Bertz CT molecular complexity index is 769. The minimum atomic E-state index is -1.03. The smallest absolute Gasteiger partial charge is 0.248 e. The lowest BCUT2D eigenvalue weighted by atomic mass is 9.70. The molecule has 2 bridgehead atoms. The maximum absolute atomic E-state index is 13.8. The largest absolute Gasteiger partial charge is 0.395 e. The number of hydrogen-bond donors (Lipinski definition) is 1.